The van der Waals surface area contributed by atoms with E-state index in [9.17, 15) is 5.11 Å². The number of rotatable bonds is 7. The second-order valence-electron chi connectivity index (χ2n) is 4.72. The number of aliphatic hydroxyl groups excluding tert-OH is 1. The van der Waals surface area contributed by atoms with Crippen molar-refractivity contribution in [2.45, 2.75) is 26.5 Å². The molecular weight excluding hydrogens is 214 g/mol. The van der Waals surface area contributed by atoms with Crippen molar-refractivity contribution in [3.8, 4) is 0 Å². The molecule has 17 heavy (non-hydrogen) atoms. The number of hydrogen-bond acceptors (Lipinski definition) is 3. The van der Waals surface area contributed by atoms with Crippen LogP contribution in [-0.2, 0) is 11.3 Å². The van der Waals surface area contributed by atoms with Crippen LogP contribution in [0.2, 0.25) is 0 Å². The lowest BCUT2D eigenvalue weighted by molar-refractivity contribution is 0.184. The third kappa shape index (κ3) is 4.86. The van der Waals surface area contributed by atoms with Crippen molar-refractivity contribution in [2.24, 2.45) is 5.92 Å². The second-order valence-corrected chi connectivity index (χ2v) is 4.72. The predicted octanol–water partition coefficient (Wildman–Crippen LogP) is 2.11. The zero-order chi connectivity index (χ0) is 12.7. The Hall–Kier alpha value is -0.900. The molecule has 96 valence electrons. The molecule has 1 aromatic carbocycles. The summed E-state index contributed by atoms with van der Waals surface area (Å²) in [4.78, 5) is 0. The summed E-state index contributed by atoms with van der Waals surface area (Å²) in [6.45, 7) is 5.94. The van der Waals surface area contributed by atoms with E-state index in [0.29, 0.717) is 12.5 Å². The van der Waals surface area contributed by atoms with Crippen molar-refractivity contribution in [1.82, 2.24) is 5.32 Å². The minimum Gasteiger partial charge on any atom is -0.394 e. The van der Waals surface area contributed by atoms with E-state index in [-0.39, 0.29) is 12.6 Å². The van der Waals surface area contributed by atoms with Crippen LogP contribution in [-0.4, -0.2) is 25.4 Å². The Morgan fingerprint density at radius 3 is 2.71 bits per heavy atom. The average molecular weight is 237 g/mol. The van der Waals surface area contributed by atoms with Gasteiger partial charge >= 0.3 is 0 Å². The van der Waals surface area contributed by atoms with E-state index in [4.69, 9.17) is 4.74 Å². The highest BCUT2D eigenvalue weighted by atomic mass is 16.5. The average Bonchev–Trinajstić information content (AvgIpc) is 2.30. The molecule has 0 spiro atoms. The molecule has 0 saturated carbocycles. The van der Waals surface area contributed by atoms with Crippen molar-refractivity contribution in [2.75, 3.05) is 20.3 Å². The largest absolute Gasteiger partial charge is 0.394 e. The number of benzene rings is 1. The van der Waals surface area contributed by atoms with E-state index in [1.165, 1.54) is 0 Å². The van der Waals surface area contributed by atoms with Gasteiger partial charge in [-0.2, -0.15) is 0 Å². The van der Waals surface area contributed by atoms with Gasteiger partial charge in [0.15, 0.2) is 0 Å². The van der Waals surface area contributed by atoms with Crippen molar-refractivity contribution < 1.29 is 9.84 Å². The zero-order valence-corrected chi connectivity index (χ0v) is 10.9. The first-order valence-corrected chi connectivity index (χ1v) is 6.09. The molecule has 0 heterocycles. The van der Waals surface area contributed by atoms with E-state index in [2.05, 4.69) is 25.2 Å². The molecule has 3 heteroatoms. The molecular formula is C14H23NO2. The number of methoxy groups -OCH3 is 1. The fourth-order valence-corrected chi connectivity index (χ4v) is 1.73. The Bertz CT molecular complexity index is 326. The van der Waals surface area contributed by atoms with Crippen LogP contribution in [0.1, 0.15) is 31.0 Å². The molecule has 1 atom stereocenters. The number of aliphatic hydroxyl groups is 1. The highest BCUT2D eigenvalue weighted by Crippen LogP contribution is 2.15. The molecule has 0 aromatic heterocycles. The number of ether oxygens (including phenoxy) is 1. The minimum absolute atomic E-state index is 0.00852. The van der Waals surface area contributed by atoms with Crippen LogP contribution in [0.5, 0.6) is 0 Å². The van der Waals surface area contributed by atoms with Crippen molar-refractivity contribution in [1.29, 1.82) is 0 Å². The van der Waals surface area contributed by atoms with Crippen LogP contribution >= 0.6 is 0 Å². The zero-order valence-electron chi connectivity index (χ0n) is 10.9. The quantitative estimate of drug-likeness (QED) is 0.763. The van der Waals surface area contributed by atoms with Gasteiger partial charge in [-0.1, -0.05) is 38.1 Å². The topological polar surface area (TPSA) is 41.5 Å². The Balaban J connectivity index is 2.69. The summed E-state index contributed by atoms with van der Waals surface area (Å²) in [7, 11) is 1.69. The molecule has 0 fully saturated rings. The summed E-state index contributed by atoms with van der Waals surface area (Å²) in [6, 6.07) is 8.16. The number of hydrogen-bond donors (Lipinski definition) is 2. The van der Waals surface area contributed by atoms with Crippen molar-refractivity contribution >= 4 is 0 Å². The van der Waals surface area contributed by atoms with Crippen LogP contribution in [0.25, 0.3) is 0 Å². The molecule has 1 unspecified atom stereocenters. The SMILES string of the molecule is COCc1cccc(C(CO)NCC(C)C)c1. The molecule has 0 radical (unpaired) electrons. The molecule has 0 bridgehead atoms. The standard InChI is InChI=1S/C14H23NO2/c1-11(2)8-15-14(9-16)13-6-4-5-12(7-13)10-17-3/h4-7,11,14-16H,8-10H2,1-3H3. The lowest BCUT2D eigenvalue weighted by atomic mass is 10.0. The summed E-state index contributed by atoms with van der Waals surface area (Å²) in [6.07, 6.45) is 0. The van der Waals surface area contributed by atoms with Crippen LogP contribution in [0.3, 0.4) is 0 Å². The summed E-state index contributed by atoms with van der Waals surface area (Å²) in [5, 5.41) is 12.8. The van der Waals surface area contributed by atoms with Gasteiger partial charge in [-0.15, -0.1) is 0 Å². The Morgan fingerprint density at radius 1 is 1.35 bits per heavy atom. The van der Waals surface area contributed by atoms with Crippen LogP contribution in [0.4, 0.5) is 0 Å². The van der Waals surface area contributed by atoms with E-state index in [1.807, 2.05) is 18.2 Å². The van der Waals surface area contributed by atoms with Gasteiger partial charge in [-0.25, -0.2) is 0 Å². The van der Waals surface area contributed by atoms with E-state index in [1.54, 1.807) is 7.11 Å². The van der Waals surface area contributed by atoms with Gasteiger partial charge in [0, 0.05) is 7.11 Å². The fourth-order valence-electron chi connectivity index (χ4n) is 1.73. The second kappa shape index (κ2) is 7.43. The lowest BCUT2D eigenvalue weighted by Gasteiger charge is -2.18. The van der Waals surface area contributed by atoms with Gasteiger partial charge in [0.05, 0.1) is 19.3 Å². The third-order valence-electron chi connectivity index (χ3n) is 2.62. The highest BCUT2D eigenvalue weighted by molar-refractivity contribution is 5.25. The normalized spacial score (nSPS) is 13.0. The maximum absolute atomic E-state index is 9.42. The van der Waals surface area contributed by atoms with Crippen LogP contribution < -0.4 is 5.32 Å². The molecule has 1 rings (SSSR count). The highest BCUT2D eigenvalue weighted by Gasteiger charge is 2.10. The van der Waals surface area contributed by atoms with Crippen molar-refractivity contribution in [3.05, 3.63) is 35.4 Å². The lowest BCUT2D eigenvalue weighted by Crippen LogP contribution is -2.28. The van der Waals surface area contributed by atoms with E-state index in [0.717, 1.165) is 17.7 Å². The molecule has 0 aliphatic heterocycles. The minimum atomic E-state index is 0.00852. The Labute approximate surface area is 104 Å². The summed E-state index contributed by atoms with van der Waals surface area (Å²) < 4.78 is 5.11. The first kappa shape index (κ1) is 14.2. The fraction of sp³-hybridized carbons (Fsp3) is 0.571. The maximum Gasteiger partial charge on any atom is 0.0713 e. The first-order valence-electron chi connectivity index (χ1n) is 6.09. The molecule has 0 aliphatic rings. The Morgan fingerprint density at radius 2 is 2.12 bits per heavy atom. The summed E-state index contributed by atoms with van der Waals surface area (Å²) in [5.41, 5.74) is 2.25. The predicted molar refractivity (Wildman–Crippen MR) is 69.8 cm³/mol. The van der Waals surface area contributed by atoms with E-state index < -0.39 is 0 Å². The number of nitrogens with one attached hydrogen (secondary N) is 1. The van der Waals surface area contributed by atoms with Gasteiger partial charge in [0.1, 0.15) is 0 Å². The smallest absolute Gasteiger partial charge is 0.0713 e. The first-order chi connectivity index (χ1) is 8.17. The third-order valence-corrected chi connectivity index (χ3v) is 2.62. The molecule has 0 aliphatic carbocycles. The molecule has 3 nitrogen and oxygen atoms in total. The van der Waals surface area contributed by atoms with E-state index >= 15 is 0 Å². The van der Waals surface area contributed by atoms with Crippen molar-refractivity contribution in [3.63, 3.8) is 0 Å². The molecule has 2 N–H and O–H groups in total. The van der Waals surface area contributed by atoms with Gasteiger partial charge in [-0.05, 0) is 23.6 Å². The van der Waals surface area contributed by atoms with Gasteiger partial charge < -0.3 is 15.2 Å². The Kier molecular flexibility index (Phi) is 6.19. The molecule has 0 saturated heterocycles. The van der Waals surface area contributed by atoms with Gasteiger partial charge in [0.25, 0.3) is 0 Å². The maximum atomic E-state index is 9.42. The van der Waals surface area contributed by atoms with Gasteiger partial charge in [-0.3, -0.25) is 0 Å². The molecule has 0 amide bonds. The molecule has 1 aromatic rings. The summed E-state index contributed by atoms with van der Waals surface area (Å²) >= 11 is 0. The summed E-state index contributed by atoms with van der Waals surface area (Å²) in [5.74, 6) is 0.575. The van der Waals surface area contributed by atoms with Crippen LogP contribution in [0, 0.1) is 5.92 Å². The van der Waals surface area contributed by atoms with Crippen LogP contribution in [0.15, 0.2) is 24.3 Å². The monoisotopic (exact) mass is 237 g/mol. The van der Waals surface area contributed by atoms with Gasteiger partial charge in [0.2, 0.25) is 0 Å².